The molecule has 0 bridgehead atoms. The van der Waals surface area contributed by atoms with Crippen molar-refractivity contribution in [3.63, 3.8) is 0 Å². The van der Waals surface area contributed by atoms with Crippen molar-refractivity contribution in [1.29, 1.82) is 0 Å². The first kappa shape index (κ1) is 18.8. The molecule has 0 radical (unpaired) electrons. The molecule has 7 nitrogen and oxygen atoms in total. The van der Waals surface area contributed by atoms with Gasteiger partial charge < -0.3 is 10.0 Å². The van der Waals surface area contributed by atoms with Gasteiger partial charge in [-0.1, -0.05) is 30.3 Å². The molecule has 0 saturated heterocycles. The highest BCUT2D eigenvalue weighted by Crippen LogP contribution is 2.27. The molecule has 0 aliphatic carbocycles. The summed E-state index contributed by atoms with van der Waals surface area (Å²) in [6.45, 7) is 2.24. The molecule has 2 heterocycles. The number of aliphatic carboxylic acids is 1. The van der Waals surface area contributed by atoms with E-state index in [1.54, 1.807) is 14.0 Å². The number of nitrogens with zero attached hydrogens (tertiary/aromatic N) is 3. The number of hydrogen-bond acceptors (Lipinski definition) is 5. The Morgan fingerprint density at radius 3 is 2.63 bits per heavy atom. The minimum Gasteiger partial charge on any atom is -0.481 e. The van der Waals surface area contributed by atoms with Gasteiger partial charge in [0.1, 0.15) is 4.83 Å². The van der Waals surface area contributed by atoms with Crippen molar-refractivity contribution >= 4 is 33.4 Å². The van der Waals surface area contributed by atoms with Crippen LogP contribution in [-0.4, -0.2) is 45.0 Å². The van der Waals surface area contributed by atoms with Crippen molar-refractivity contribution < 1.29 is 14.7 Å². The molecule has 1 amide bonds. The maximum absolute atomic E-state index is 12.9. The Balaban J connectivity index is 1.95. The van der Waals surface area contributed by atoms with Crippen LogP contribution in [0.15, 0.2) is 41.5 Å². The van der Waals surface area contributed by atoms with Crippen LogP contribution in [0.4, 0.5) is 0 Å². The van der Waals surface area contributed by atoms with Crippen molar-refractivity contribution in [2.45, 2.75) is 19.9 Å². The van der Waals surface area contributed by atoms with E-state index in [1.807, 2.05) is 30.3 Å². The summed E-state index contributed by atoms with van der Waals surface area (Å²) in [5.41, 5.74) is 1.38. The van der Waals surface area contributed by atoms with Crippen LogP contribution in [0.2, 0.25) is 0 Å². The fourth-order valence-electron chi connectivity index (χ4n) is 2.79. The average molecular weight is 385 g/mol. The predicted octanol–water partition coefficient (Wildman–Crippen LogP) is 2.36. The maximum atomic E-state index is 12.9. The molecular weight excluding hydrogens is 366 g/mol. The highest BCUT2D eigenvalue weighted by Gasteiger charge is 2.22. The number of aromatic nitrogens is 2. The lowest BCUT2D eigenvalue weighted by Gasteiger charge is -2.15. The number of aryl methyl sites for hydroxylation is 1. The van der Waals surface area contributed by atoms with E-state index in [0.717, 1.165) is 16.9 Å². The largest absolute Gasteiger partial charge is 0.481 e. The molecule has 0 aliphatic rings. The Morgan fingerprint density at radius 1 is 1.26 bits per heavy atom. The highest BCUT2D eigenvalue weighted by atomic mass is 32.1. The summed E-state index contributed by atoms with van der Waals surface area (Å²) in [5, 5.41) is 9.22. The van der Waals surface area contributed by atoms with Gasteiger partial charge in [0.05, 0.1) is 29.6 Å². The second-order valence-electron chi connectivity index (χ2n) is 6.27. The van der Waals surface area contributed by atoms with Gasteiger partial charge in [0, 0.05) is 13.6 Å². The van der Waals surface area contributed by atoms with Crippen molar-refractivity contribution in [1.82, 2.24) is 14.5 Å². The normalized spacial score (nSPS) is 10.9. The topological polar surface area (TPSA) is 92.5 Å². The summed E-state index contributed by atoms with van der Waals surface area (Å²) >= 11 is 1.16. The lowest BCUT2D eigenvalue weighted by molar-refractivity contribution is -0.137. The first-order chi connectivity index (χ1) is 12.9. The van der Waals surface area contributed by atoms with Crippen molar-refractivity contribution in [3.8, 4) is 0 Å². The number of amides is 1. The number of hydrogen-bond donors (Lipinski definition) is 1. The lowest BCUT2D eigenvalue weighted by Crippen LogP contribution is -2.29. The van der Waals surface area contributed by atoms with Gasteiger partial charge in [-0.2, -0.15) is 0 Å². The number of carbonyl (C=O) groups is 2. The second kappa shape index (κ2) is 7.71. The number of carbonyl (C=O) groups excluding carboxylic acids is 1. The first-order valence-corrected chi connectivity index (χ1v) is 9.20. The van der Waals surface area contributed by atoms with E-state index >= 15 is 0 Å². The van der Waals surface area contributed by atoms with Gasteiger partial charge in [-0.05, 0) is 18.1 Å². The number of benzene rings is 1. The smallest absolute Gasteiger partial charge is 0.305 e. The Morgan fingerprint density at radius 2 is 1.96 bits per heavy atom. The average Bonchev–Trinajstić information content (AvgIpc) is 2.99. The fraction of sp³-hybridized carbons (Fsp3) is 0.263. The van der Waals surface area contributed by atoms with Crippen molar-refractivity contribution in [3.05, 3.63) is 63.0 Å². The molecule has 0 aliphatic heterocycles. The molecule has 1 N–H and O–H groups in total. The van der Waals surface area contributed by atoms with Gasteiger partial charge in [0.2, 0.25) is 0 Å². The van der Waals surface area contributed by atoms with E-state index in [2.05, 4.69) is 4.98 Å². The summed E-state index contributed by atoms with van der Waals surface area (Å²) in [7, 11) is 1.55. The number of carboxylic acids is 1. The summed E-state index contributed by atoms with van der Waals surface area (Å²) in [6, 6.07) is 9.60. The van der Waals surface area contributed by atoms with E-state index < -0.39 is 5.97 Å². The zero-order valence-electron chi connectivity index (χ0n) is 15.0. The second-order valence-corrected chi connectivity index (χ2v) is 7.27. The minimum absolute atomic E-state index is 0.105. The van der Waals surface area contributed by atoms with Gasteiger partial charge >= 0.3 is 5.97 Å². The zero-order chi connectivity index (χ0) is 19.6. The lowest BCUT2D eigenvalue weighted by atomic mass is 10.2. The van der Waals surface area contributed by atoms with Gasteiger partial charge in [-0.3, -0.25) is 19.0 Å². The molecule has 1 aromatic carbocycles. The molecule has 3 aromatic rings. The van der Waals surface area contributed by atoms with E-state index in [-0.39, 0.29) is 24.4 Å². The first-order valence-electron chi connectivity index (χ1n) is 8.38. The minimum atomic E-state index is -0.965. The van der Waals surface area contributed by atoms with E-state index in [0.29, 0.717) is 27.2 Å². The molecule has 0 atom stereocenters. The molecule has 0 spiro atoms. The molecule has 0 unspecified atom stereocenters. The molecule has 2 aromatic heterocycles. The van der Waals surface area contributed by atoms with Crippen LogP contribution in [-0.2, 0) is 11.3 Å². The van der Waals surface area contributed by atoms with Crippen LogP contribution in [0, 0.1) is 6.92 Å². The van der Waals surface area contributed by atoms with Crippen LogP contribution in [0.3, 0.4) is 0 Å². The molecular formula is C19H19N3O4S. The van der Waals surface area contributed by atoms with Crippen LogP contribution in [0.5, 0.6) is 0 Å². The van der Waals surface area contributed by atoms with Crippen LogP contribution in [0.25, 0.3) is 10.2 Å². The number of carboxylic acid groups (broad SMARTS) is 1. The summed E-state index contributed by atoms with van der Waals surface area (Å²) in [4.78, 5) is 42.9. The number of rotatable bonds is 6. The number of thiophene rings is 1. The maximum Gasteiger partial charge on any atom is 0.305 e. The van der Waals surface area contributed by atoms with Crippen molar-refractivity contribution in [2.24, 2.45) is 0 Å². The third-order valence-corrected chi connectivity index (χ3v) is 5.50. The Labute approximate surface area is 159 Å². The molecule has 0 saturated carbocycles. The van der Waals surface area contributed by atoms with Crippen LogP contribution < -0.4 is 5.56 Å². The predicted molar refractivity (Wildman–Crippen MR) is 103 cm³/mol. The highest BCUT2D eigenvalue weighted by molar-refractivity contribution is 7.20. The zero-order valence-corrected chi connectivity index (χ0v) is 15.8. The Kier molecular flexibility index (Phi) is 5.36. The third-order valence-electron chi connectivity index (χ3n) is 4.32. The number of fused-ring (bicyclic) bond motifs is 1. The molecule has 0 fully saturated rings. The van der Waals surface area contributed by atoms with Gasteiger partial charge in [-0.25, -0.2) is 4.98 Å². The Hall–Kier alpha value is -3.00. The van der Waals surface area contributed by atoms with Gasteiger partial charge in [-0.15, -0.1) is 11.3 Å². The summed E-state index contributed by atoms with van der Waals surface area (Å²) in [5.74, 6) is -1.26. The van der Waals surface area contributed by atoms with E-state index in [4.69, 9.17) is 5.11 Å². The monoisotopic (exact) mass is 385 g/mol. The van der Waals surface area contributed by atoms with E-state index in [9.17, 15) is 14.4 Å². The fourth-order valence-corrected chi connectivity index (χ4v) is 3.93. The van der Waals surface area contributed by atoms with Crippen LogP contribution >= 0.6 is 11.3 Å². The quantitative estimate of drug-likeness (QED) is 0.703. The molecule has 3 rings (SSSR count). The Bertz CT molecular complexity index is 1060. The molecule has 140 valence electrons. The van der Waals surface area contributed by atoms with Crippen molar-refractivity contribution in [2.75, 3.05) is 13.6 Å². The summed E-state index contributed by atoms with van der Waals surface area (Å²) < 4.78 is 1.53. The summed E-state index contributed by atoms with van der Waals surface area (Å²) in [6.07, 6.45) is 1.37. The van der Waals surface area contributed by atoms with E-state index in [1.165, 1.54) is 15.8 Å². The third kappa shape index (κ3) is 3.90. The molecule has 8 heteroatoms. The molecule has 27 heavy (non-hydrogen) atoms. The standard InChI is InChI=1S/C19H19N3O4S/c1-12-15-17(27-16(12)19(26)21(2)9-8-14(23)24)20-11-22(18(15)25)10-13-6-4-3-5-7-13/h3-7,11H,8-10H2,1-2H3,(H,23,24). The van der Waals surface area contributed by atoms with Crippen LogP contribution in [0.1, 0.15) is 27.2 Å². The van der Waals surface area contributed by atoms with Gasteiger partial charge in [0.25, 0.3) is 11.5 Å². The van der Waals surface area contributed by atoms with Gasteiger partial charge in [0.15, 0.2) is 0 Å². The SMILES string of the molecule is Cc1c(C(=O)N(C)CCC(=O)O)sc2ncn(Cc3ccccc3)c(=O)c12.